The van der Waals surface area contributed by atoms with E-state index in [0.29, 0.717) is 6.04 Å². The maximum atomic E-state index is 4.24. The Bertz CT molecular complexity index is 209. The van der Waals surface area contributed by atoms with Crippen LogP contribution in [0, 0.1) is 0 Å². The topological polar surface area (TPSA) is 24.9 Å². The van der Waals surface area contributed by atoms with Crippen LogP contribution in [0.2, 0.25) is 0 Å². The van der Waals surface area contributed by atoms with Crippen molar-refractivity contribution in [1.82, 2.24) is 10.3 Å². The highest BCUT2D eigenvalue weighted by Gasteiger charge is 2.04. The lowest BCUT2D eigenvalue weighted by Gasteiger charge is -2.14. The fraction of sp³-hybridized carbons (Fsp3) is 0.700. The van der Waals surface area contributed by atoms with Crippen molar-refractivity contribution >= 4 is 11.3 Å². The van der Waals surface area contributed by atoms with Gasteiger partial charge in [0.2, 0.25) is 0 Å². The molecule has 1 N–H and O–H groups in total. The molecular formula is C10H18N2S. The summed E-state index contributed by atoms with van der Waals surface area (Å²) in [6.45, 7) is 5.38. The Hall–Kier alpha value is -0.410. The van der Waals surface area contributed by atoms with Gasteiger partial charge in [-0.2, -0.15) is 0 Å². The maximum absolute atomic E-state index is 4.24. The zero-order chi connectivity index (χ0) is 9.52. The highest BCUT2D eigenvalue weighted by molar-refractivity contribution is 7.07. The standard InChI is InChI=1S/C10H18N2S/c1-3-5-9(4-2)11-6-10-7-13-8-12-10/h7-9,11H,3-6H2,1-2H3. The third kappa shape index (κ3) is 3.87. The fourth-order valence-electron chi connectivity index (χ4n) is 1.37. The van der Waals surface area contributed by atoms with Gasteiger partial charge >= 0.3 is 0 Å². The molecule has 0 fully saturated rings. The van der Waals surface area contributed by atoms with Crippen LogP contribution in [0.15, 0.2) is 10.9 Å². The Morgan fingerprint density at radius 3 is 2.92 bits per heavy atom. The summed E-state index contributed by atoms with van der Waals surface area (Å²) in [7, 11) is 0. The molecule has 0 aliphatic rings. The van der Waals surface area contributed by atoms with Crippen LogP contribution in [-0.2, 0) is 6.54 Å². The van der Waals surface area contributed by atoms with Gasteiger partial charge in [0.05, 0.1) is 11.2 Å². The molecular weight excluding hydrogens is 180 g/mol. The van der Waals surface area contributed by atoms with Crippen LogP contribution in [0.5, 0.6) is 0 Å². The summed E-state index contributed by atoms with van der Waals surface area (Å²) in [5.74, 6) is 0. The molecule has 0 aromatic carbocycles. The van der Waals surface area contributed by atoms with E-state index in [-0.39, 0.29) is 0 Å². The molecule has 1 aromatic rings. The fourth-order valence-corrected chi connectivity index (χ4v) is 1.93. The first-order chi connectivity index (χ1) is 6.36. The Morgan fingerprint density at radius 2 is 2.38 bits per heavy atom. The molecule has 0 radical (unpaired) electrons. The average molecular weight is 198 g/mol. The molecule has 1 rings (SSSR count). The predicted molar refractivity (Wildman–Crippen MR) is 57.9 cm³/mol. The highest BCUT2D eigenvalue weighted by Crippen LogP contribution is 2.04. The molecule has 0 spiro atoms. The van der Waals surface area contributed by atoms with Crippen molar-refractivity contribution in [1.29, 1.82) is 0 Å². The zero-order valence-electron chi connectivity index (χ0n) is 8.42. The second kappa shape index (κ2) is 6.11. The molecule has 3 heteroatoms. The summed E-state index contributed by atoms with van der Waals surface area (Å²) in [6.07, 6.45) is 3.72. The van der Waals surface area contributed by atoms with Crippen molar-refractivity contribution < 1.29 is 0 Å². The minimum absolute atomic E-state index is 0.659. The third-order valence-electron chi connectivity index (χ3n) is 2.19. The van der Waals surface area contributed by atoms with Crippen LogP contribution < -0.4 is 5.32 Å². The van der Waals surface area contributed by atoms with E-state index in [9.17, 15) is 0 Å². The summed E-state index contributed by atoms with van der Waals surface area (Å²) in [5.41, 5.74) is 3.05. The van der Waals surface area contributed by atoms with E-state index < -0.39 is 0 Å². The van der Waals surface area contributed by atoms with Gasteiger partial charge in [0.25, 0.3) is 0 Å². The summed E-state index contributed by atoms with van der Waals surface area (Å²) < 4.78 is 0. The molecule has 2 nitrogen and oxygen atoms in total. The van der Waals surface area contributed by atoms with Crippen molar-refractivity contribution in [3.63, 3.8) is 0 Å². The number of nitrogens with zero attached hydrogens (tertiary/aromatic N) is 1. The Morgan fingerprint density at radius 1 is 1.54 bits per heavy atom. The van der Waals surface area contributed by atoms with Gasteiger partial charge in [-0.05, 0) is 12.8 Å². The smallest absolute Gasteiger partial charge is 0.0795 e. The van der Waals surface area contributed by atoms with E-state index >= 15 is 0 Å². The molecule has 1 aromatic heterocycles. The van der Waals surface area contributed by atoms with E-state index in [0.717, 1.165) is 6.54 Å². The van der Waals surface area contributed by atoms with Crippen molar-refractivity contribution in [2.75, 3.05) is 0 Å². The molecule has 74 valence electrons. The average Bonchev–Trinajstić information content (AvgIpc) is 2.64. The van der Waals surface area contributed by atoms with E-state index in [1.807, 2.05) is 5.51 Å². The van der Waals surface area contributed by atoms with Gasteiger partial charge in [-0.25, -0.2) is 4.98 Å². The molecule has 0 aliphatic carbocycles. The number of aromatic nitrogens is 1. The first-order valence-corrected chi connectivity index (χ1v) is 5.91. The minimum atomic E-state index is 0.659. The molecule has 0 saturated carbocycles. The minimum Gasteiger partial charge on any atom is -0.308 e. The number of hydrogen-bond donors (Lipinski definition) is 1. The Balaban J connectivity index is 2.23. The zero-order valence-corrected chi connectivity index (χ0v) is 9.23. The van der Waals surface area contributed by atoms with Crippen molar-refractivity contribution in [3.05, 3.63) is 16.6 Å². The van der Waals surface area contributed by atoms with Gasteiger partial charge in [0.15, 0.2) is 0 Å². The Kier molecular flexibility index (Phi) is 5.01. The largest absolute Gasteiger partial charge is 0.308 e. The van der Waals surface area contributed by atoms with Gasteiger partial charge in [0, 0.05) is 18.0 Å². The van der Waals surface area contributed by atoms with Crippen LogP contribution in [-0.4, -0.2) is 11.0 Å². The van der Waals surface area contributed by atoms with Gasteiger partial charge in [0.1, 0.15) is 0 Å². The second-order valence-electron chi connectivity index (χ2n) is 3.25. The van der Waals surface area contributed by atoms with Crippen molar-refractivity contribution in [2.45, 2.75) is 45.7 Å². The van der Waals surface area contributed by atoms with Gasteiger partial charge in [-0.3, -0.25) is 0 Å². The lowest BCUT2D eigenvalue weighted by atomic mass is 10.1. The lowest BCUT2D eigenvalue weighted by Crippen LogP contribution is -2.27. The quantitative estimate of drug-likeness (QED) is 0.760. The summed E-state index contributed by atoms with van der Waals surface area (Å²) >= 11 is 1.66. The third-order valence-corrected chi connectivity index (χ3v) is 2.82. The van der Waals surface area contributed by atoms with E-state index in [1.54, 1.807) is 11.3 Å². The monoisotopic (exact) mass is 198 g/mol. The van der Waals surface area contributed by atoms with E-state index in [1.165, 1.54) is 25.0 Å². The summed E-state index contributed by atoms with van der Waals surface area (Å²) in [5, 5.41) is 5.62. The normalized spacial score (nSPS) is 13.1. The predicted octanol–water partition coefficient (Wildman–Crippen LogP) is 2.81. The Labute approximate surface area is 84.4 Å². The lowest BCUT2D eigenvalue weighted by molar-refractivity contribution is 0.460. The number of rotatable bonds is 6. The summed E-state index contributed by atoms with van der Waals surface area (Å²) in [4.78, 5) is 4.24. The van der Waals surface area contributed by atoms with E-state index in [2.05, 4.69) is 29.5 Å². The second-order valence-corrected chi connectivity index (χ2v) is 3.97. The van der Waals surface area contributed by atoms with Gasteiger partial charge < -0.3 is 5.32 Å². The molecule has 0 bridgehead atoms. The first kappa shape index (κ1) is 10.7. The van der Waals surface area contributed by atoms with Gasteiger partial charge in [-0.15, -0.1) is 11.3 Å². The maximum Gasteiger partial charge on any atom is 0.0795 e. The number of thiazole rings is 1. The molecule has 1 atom stereocenters. The van der Waals surface area contributed by atoms with Gasteiger partial charge in [-0.1, -0.05) is 20.3 Å². The number of hydrogen-bond acceptors (Lipinski definition) is 3. The molecule has 13 heavy (non-hydrogen) atoms. The van der Waals surface area contributed by atoms with Crippen molar-refractivity contribution in [2.24, 2.45) is 0 Å². The molecule has 0 aliphatic heterocycles. The van der Waals surface area contributed by atoms with Crippen LogP contribution >= 0.6 is 11.3 Å². The summed E-state index contributed by atoms with van der Waals surface area (Å²) in [6, 6.07) is 0.659. The first-order valence-electron chi connectivity index (χ1n) is 4.97. The molecule has 0 saturated heterocycles. The SMILES string of the molecule is CCCC(CC)NCc1cscn1. The molecule has 0 amide bonds. The highest BCUT2D eigenvalue weighted by atomic mass is 32.1. The van der Waals surface area contributed by atoms with Crippen molar-refractivity contribution in [3.8, 4) is 0 Å². The van der Waals surface area contributed by atoms with Crippen LogP contribution in [0.25, 0.3) is 0 Å². The van der Waals surface area contributed by atoms with E-state index in [4.69, 9.17) is 0 Å². The number of nitrogens with one attached hydrogen (secondary N) is 1. The van der Waals surface area contributed by atoms with Crippen LogP contribution in [0.1, 0.15) is 38.8 Å². The van der Waals surface area contributed by atoms with Crippen LogP contribution in [0.4, 0.5) is 0 Å². The molecule has 1 unspecified atom stereocenters. The van der Waals surface area contributed by atoms with Crippen LogP contribution in [0.3, 0.4) is 0 Å². The molecule has 1 heterocycles.